The zero-order valence-corrected chi connectivity index (χ0v) is 12.5. The fourth-order valence-corrected chi connectivity index (χ4v) is 2.86. The highest BCUT2D eigenvalue weighted by Crippen LogP contribution is 2.34. The van der Waals surface area contributed by atoms with Crippen molar-refractivity contribution in [3.63, 3.8) is 0 Å². The molecular weight excluding hydrogens is 298 g/mol. The highest BCUT2D eigenvalue weighted by Gasteiger charge is 2.23. The van der Waals surface area contributed by atoms with Gasteiger partial charge in [-0.2, -0.15) is 0 Å². The minimum absolute atomic E-state index is 0.00365. The summed E-state index contributed by atoms with van der Waals surface area (Å²) in [6.45, 7) is 1.67. The molecule has 0 aliphatic carbocycles. The number of rotatable bonds is 5. The van der Waals surface area contributed by atoms with E-state index in [-0.39, 0.29) is 22.2 Å². The average molecular weight is 313 g/mol. The standard InChI is InChI=1S/C12H15N3O5S/c1-7-4-12(20-14-7)15-21(16,17)11-5-8(13)9(18-2)6-10(11)19-3/h4-6,15H,13H2,1-3H3. The van der Waals surface area contributed by atoms with Gasteiger partial charge in [0.05, 0.1) is 25.6 Å². The van der Waals surface area contributed by atoms with E-state index in [0.29, 0.717) is 11.4 Å². The first-order valence-corrected chi connectivity index (χ1v) is 7.33. The number of aromatic nitrogens is 1. The fraction of sp³-hybridized carbons (Fsp3) is 0.250. The van der Waals surface area contributed by atoms with Crippen LogP contribution in [-0.2, 0) is 10.0 Å². The van der Waals surface area contributed by atoms with Crippen LogP contribution in [0.4, 0.5) is 11.6 Å². The van der Waals surface area contributed by atoms with Crippen LogP contribution in [0.3, 0.4) is 0 Å². The number of nitrogen functional groups attached to an aromatic ring is 1. The second kappa shape index (κ2) is 5.52. The van der Waals surface area contributed by atoms with E-state index in [0.717, 1.165) is 0 Å². The first-order chi connectivity index (χ1) is 9.87. The van der Waals surface area contributed by atoms with Crippen LogP contribution in [-0.4, -0.2) is 27.8 Å². The van der Waals surface area contributed by atoms with E-state index in [1.807, 2.05) is 0 Å². The summed E-state index contributed by atoms with van der Waals surface area (Å²) in [4.78, 5) is -0.127. The lowest BCUT2D eigenvalue weighted by molar-refractivity contribution is 0.387. The molecule has 0 radical (unpaired) electrons. The van der Waals surface area contributed by atoms with Crippen LogP contribution in [0.1, 0.15) is 5.69 Å². The van der Waals surface area contributed by atoms with Gasteiger partial charge < -0.3 is 19.7 Å². The molecule has 0 bridgehead atoms. The normalized spacial score (nSPS) is 11.2. The number of benzene rings is 1. The molecule has 0 aliphatic rings. The van der Waals surface area contributed by atoms with Gasteiger partial charge in [-0.15, -0.1) is 0 Å². The van der Waals surface area contributed by atoms with Crippen LogP contribution in [0.5, 0.6) is 11.5 Å². The summed E-state index contributed by atoms with van der Waals surface area (Å²) in [6, 6.07) is 4.11. The summed E-state index contributed by atoms with van der Waals surface area (Å²) in [5, 5.41) is 3.60. The van der Waals surface area contributed by atoms with Crippen LogP contribution in [0, 0.1) is 6.92 Å². The van der Waals surface area contributed by atoms with Gasteiger partial charge in [-0.05, 0) is 13.0 Å². The van der Waals surface area contributed by atoms with Crippen LogP contribution >= 0.6 is 0 Å². The monoisotopic (exact) mass is 313 g/mol. The lowest BCUT2D eigenvalue weighted by atomic mass is 10.3. The molecule has 0 aliphatic heterocycles. The van der Waals surface area contributed by atoms with Gasteiger partial charge in [-0.3, -0.25) is 0 Å². The van der Waals surface area contributed by atoms with Crippen molar-refractivity contribution in [2.24, 2.45) is 0 Å². The van der Waals surface area contributed by atoms with Crippen LogP contribution in [0.25, 0.3) is 0 Å². The van der Waals surface area contributed by atoms with E-state index < -0.39 is 10.0 Å². The van der Waals surface area contributed by atoms with Gasteiger partial charge in [-0.25, -0.2) is 13.1 Å². The average Bonchev–Trinajstić information content (AvgIpc) is 2.83. The number of anilines is 2. The zero-order chi connectivity index (χ0) is 15.6. The maximum absolute atomic E-state index is 12.4. The molecule has 0 saturated carbocycles. The molecule has 0 atom stereocenters. The molecule has 9 heteroatoms. The lowest BCUT2D eigenvalue weighted by Crippen LogP contribution is -2.14. The number of ether oxygens (including phenoxy) is 2. The van der Waals surface area contributed by atoms with Crippen molar-refractivity contribution in [2.45, 2.75) is 11.8 Å². The Bertz CT molecular complexity index is 754. The molecule has 8 nitrogen and oxygen atoms in total. The van der Waals surface area contributed by atoms with E-state index in [9.17, 15) is 8.42 Å². The summed E-state index contributed by atoms with van der Waals surface area (Å²) in [5.41, 5.74) is 6.46. The molecule has 0 saturated heterocycles. The Morgan fingerprint density at radius 3 is 2.38 bits per heavy atom. The molecule has 2 aromatic rings. The Labute approximate surface area is 121 Å². The highest BCUT2D eigenvalue weighted by molar-refractivity contribution is 7.92. The van der Waals surface area contributed by atoms with Crippen LogP contribution in [0.2, 0.25) is 0 Å². The maximum Gasteiger partial charge on any atom is 0.268 e. The van der Waals surface area contributed by atoms with Crippen LogP contribution in [0.15, 0.2) is 27.6 Å². The molecule has 0 amide bonds. The van der Waals surface area contributed by atoms with Gasteiger partial charge in [0.1, 0.15) is 16.4 Å². The van der Waals surface area contributed by atoms with Gasteiger partial charge in [0.2, 0.25) is 5.88 Å². The number of nitrogens with zero attached hydrogens (tertiary/aromatic N) is 1. The van der Waals surface area contributed by atoms with Crippen molar-refractivity contribution >= 4 is 21.6 Å². The Hall–Kier alpha value is -2.42. The van der Waals surface area contributed by atoms with Crippen molar-refractivity contribution in [1.29, 1.82) is 0 Å². The SMILES string of the molecule is COc1cc(OC)c(S(=O)(=O)Nc2cc(C)no2)cc1N. The number of hydrogen-bond acceptors (Lipinski definition) is 7. The minimum atomic E-state index is -3.93. The largest absolute Gasteiger partial charge is 0.495 e. The van der Waals surface area contributed by atoms with Gasteiger partial charge in [0, 0.05) is 12.1 Å². The Morgan fingerprint density at radius 1 is 1.19 bits per heavy atom. The molecule has 0 unspecified atom stereocenters. The maximum atomic E-state index is 12.4. The molecule has 21 heavy (non-hydrogen) atoms. The number of nitrogens with two attached hydrogens (primary N) is 1. The van der Waals surface area contributed by atoms with E-state index in [2.05, 4.69) is 9.88 Å². The lowest BCUT2D eigenvalue weighted by Gasteiger charge is -2.13. The Balaban J connectivity index is 2.46. The number of hydrogen-bond donors (Lipinski definition) is 2. The van der Waals surface area contributed by atoms with Gasteiger partial charge in [-0.1, -0.05) is 5.16 Å². The van der Waals surface area contributed by atoms with E-state index in [4.69, 9.17) is 19.7 Å². The van der Waals surface area contributed by atoms with Crippen LogP contribution < -0.4 is 19.9 Å². The van der Waals surface area contributed by atoms with Gasteiger partial charge >= 0.3 is 0 Å². The second-order valence-electron chi connectivity index (χ2n) is 4.18. The van der Waals surface area contributed by atoms with E-state index >= 15 is 0 Å². The minimum Gasteiger partial charge on any atom is -0.495 e. The predicted octanol–water partition coefficient (Wildman–Crippen LogP) is 1.38. The smallest absolute Gasteiger partial charge is 0.268 e. The number of aryl methyl sites for hydroxylation is 1. The van der Waals surface area contributed by atoms with Crippen molar-refractivity contribution in [2.75, 3.05) is 24.7 Å². The van der Waals surface area contributed by atoms with E-state index in [1.54, 1.807) is 6.92 Å². The van der Waals surface area contributed by atoms with Gasteiger partial charge in [0.25, 0.3) is 10.0 Å². The molecule has 3 N–H and O–H groups in total. The number of sulfonamides is 1. The topological polar surface area (TPSA) is 117 Å². The highest BCUT2D eigenvalue weighted by atomic mass is 32.2. The molecule has 2 rings (SSSR count). The third-order valence-corrected chi connectivity index (χ3v) is 4.04. The third kappa shape index (κ3) is 3.02. The molecule has 1 aromatic heterocycles. The third-order valence-electron chi connectivity index (χ3n) is 2.67. The van der Waals surface area contributed by atoms with Crippen molar-refractivity contribution in [3.8, 4) is 11.5 Å². The van der Waals surface area contributed by atoms with Gasteiger partial charge in [0.15, 0.2) is 0 Å². The molecule has 1 aromatic carbocycles. The van der Waals surface area contributed by atoms with Crippen molar-refractivity contribution in [3.05, 3.63) is 23.9 Å². The second-order valence-corrected chi connectivity index (χ2v) is 5.83. The summed E-state index contributed by atoms with van der Waals surface area (Å²) in [5.74, 6) is 0.426. The fourth-order valence-electron chi connectivity index (χ4n) is 1.70. The molecule has 114 valence electrons. The predicted molar refractivity (Wildman–Crippen MR) is 76.0 cm³/mol. The summed E-state index contributed by atoms with van der Waals surface area (Å²) in [7, 11) is -1.16. The zero-order valence-electron chi connectivity index (χ0n) is 11.7. The molecule has 1 heterocycles. The summed E-state index contributed by atoms with van der Waals surface area (Å²) < 4.78 is 41.9. The Morgan fingerprint density at radius 2 is 1.86 bits per heavy atom. The number of nitrogens with one attached hydrogen (secondary N) is 1. The molecule has 0 spiro atoms. The quantitative estimate of drug-likeness (QED) is 0.801. The molecular formula is C12H15N3O5S. The molecule has 0 fully saturated rings. The summed E-state index contributed by atoms with van der Waals surface area (Å²) >= 11 is 0. The number of methoxy groups -OCH3 is 2. The first-order valence-electron chi connectivity index (χ1n) is 5.85. The Kier molecular flexibility index (Phi) is 3.94. The van der Waals surface area contributed by atoms with Crippen molar-refractivity contribution < 1.29 is 22.4 Å². The summed E-state index contributed by atoms with van der Waals surface area (Å²) in [6.07, 6.45) is 0. The van der Waals surface area contributed by atoms with E-state index in [1.165, 1.54) is 32.4 Å². The van der Waals surface area contributed by atoms with Crippen molar-refractivity contribution in [1.82, 2.24) is 5.16 Å². The first kappa shape index (κ1) is 15.0.